The standard InChI is InChI=1S/C27H32N4O5S/c1-30-22-5-3-18(16-21(22)27(8-9-27)25(30)34)28-24(33)20-4-2-19(29-37(35,36)15-14-32)17-23(20)31-12-10-26(6-7-26)11-13-31/h2-5,16-17,29,32H,6-15H2,1H3,(H,28,33). The number of rotatable bonds is 7. The summed E-state index contributed by atoms with van der Waals surface area (Å²) in [4.78, 5) is 30.1. The third kappa shape index (κ3) is 4.25. The van der Waals surface area contributed by atoms with Crippen molar-refractivity contribution < 1.29 is 23.1 Å². The zero-order valence-corrected chi connectivity index (χ0v) is 21.7. The fourth-order valence-corrected chi connectivity index (χ4v) is 6.77. The summed E-state index contributed by atoms with van der Waals surface area (Å²) in [6, 6.07) is 10.6. The number of benzene rings is 2. The van der Waals surface area contributed by atoms with E-state index in [-0.39, 0.29) is 11.8 Å². The van der Waals surface area contributed by atoms with E-state index < -0.39 is 27.8 Å². The third-order valence-electron chi connectivity index (χ3n) is 8.59. The number of hydrogen-bond acceptors (Lipinski definition) is 6. The second kappa shape index (κ2) is 8.46. The van der Waals surface area contributed by atoms with Gasteiger partial charge in [0.15, 0.2) is 0 Å². The number of aliphatic hydroxyl groups excluding tert-OH is 1. The van der Waals surface area contributed by atoms with Crippen molar-refractivity contribution in [1.82, 2.24) is 0 Å². The van der Waals surface area contributed by atoms with Gasteiger partial charge in [-0.1, -0.05) is 0 Å². The molecule has 0 bridgehead atoms. The van der Waals surface area contributed by atoms with Gasteiger partial charge in [0, 0.05) is 31.5 Å². The Labute approximate surface area is 216 Å². The summed E-state index contributed by atoms with van der Waals surface area (Å²) in [5.74, 6) is -0.561. The molecule has 196 valence electrons. The first-order valence-corrected chi connectivity index (χ1v) is 14.6. The number of hydrogen-bond donors (Lipinski definition) is 3. The normalized spacial score (nSPS) is 20.8. The van der Waals surface area contributed by atoms with Crippen LogP contribution in [0.25, 0.3) is 0 Å². The first kappa shape index (κ1) is 24.2. The molecule has 10 heteroatoms. The molecular weight excluding hydrogens is 492 g/mol. The molecule has 1 saturated heterocycles. The van der Waals surface area contributed by atoms with Crippen LogP contribution >= 0.6 is 0 Å². The fourth-order valence-electron chi connectivity index (χ4n) is 5.94. The summed E-state index contributed by atoms with van der Waals surface area (Å²) in [6.45, 7) is 1.15. The van der Waals surface area contributed by atoms with Gasteiger partial charge in [-0.05, 0) is 85.9 Å². The van der Waals surface area contributed by atoms with Gasteiger partial charge in [-0.3, -0.25) is 14.3 Å². The Kier molecular flexibility index (Phi) is 5.54. The highest BCUT2D eigenvalue weighted by atomic mass is 32.2. The van der Waals surface area contributed by atoms with Gasteiger partial charge in [0.25, 0.3) is 5.91 Å². The first-order chi connectivity index (χ1) is 17.7. The van der Waals surface area contributed by atoms with Gasteiger partial charge in [0.2, 0.25) is 15.9 Å². The molecule has 0 radical (unpaired) electrons. The molecule has 6 rings (SSSR count). The Hall–Kier alpha value is -3.11. The number of piperidine rings is 1. The minimum atomic E-state index is -3.69. The van der Waals surface area contributed by atoms with Gasteiger partial charge < -0.3 is 20.2 Å². The van der Waals surface area contributed by atoms with Crippen molar-refractivity contribution in [3.63, 3.8) is 0 Å². The van der Waals surface area contributed by atoms with Gasteiger partial charge in [-0.25, -0.2) is 8.42 Å². The Morgan fingerprint density at radius 1 is 0.973 bits per heavy atom. The van der Waals surface area contributed by atoms with Crippen molar-refractivity contribution in [2.45, 2.75) is 43.9 Å². The quantitative estimate of drug-likeness (QED) is 0.512. The second-order valence-electron chi connectivity index (χ2n) is 11.0. The lowest BCUT2D eigenvalue weighted by Gasteiger charge is -2.35. The fraction of sp³-hybridized carbons (Fsp3) is 0.481. The third-order valence-corrected chi connectivity index (χ3v) is 9.86. The van der Waals surface area contributed by atoms with Crippen molar-refractivity contribution in [1.29, 1.82) is 0 Å². The zero-order valence-electron chi connectivity index (χ0n) is 20.9. The van der Waals surface area contributed by atoms with Crippen LogP contribution < -0.4 is 19.8 Å². The molecule has 4 aliphatic rings. The first-order valence-electron chi connectivity index (χ1n) is 12.9. The average Bonchev–Trinajstić information content (AvgIpc) is 3.79. The Morgan fingerprint density at radius 3 is 2.32 bits per heavy atom. The average molecular weight is 525 g/mol. The van der Waals surface area contributed by atoms with Gasteiger partial charge in [-0.2, -0.15) is 0 Å². The number of carbonyl (C=O) groups is 2. The monoisotopic (exact) mass is 524 g/mol. The highest BCUT2D eigenvalue weighted by Crippen LogP contribution is 2.57. The number of nitrogens with one attached hydrogen (secondary N) is 2. The molecule has 2 aromatic rings. The van der Waals surface area contributed by atoms with Crippen LogP contribution in [-0.2, 0) is 20.2 Å². The number of nitrogens with zero attached hydrogens (tertiary/aromatic N) is 2. The maximum atomic E-state index is 13.5. The maximum Gasteiger partial charge on any atom is 0.257 e. The van der Waals surface area contributed by atoms with Crippen molar-refractivity contribution in [3.05, 3.63) is 47.5 Å². The van der Waals surface area contributed by atoms with Gasteiger partial charge in [0.05, 0.1) is 34.7 Å². The molecule has 2 saturated carbocycles. The van der Waals surface area contributed by atoms with Crippen LogP contribution in [0.2, 0.25) is 0 Å². The van der Waals surface area contributed by atoms with Crippen LogP contribution in [0.5, 0.6) is 0 Å². The van der Waals surface area contributed by atoms with Crippen LogP contribution in [-0.4, -0.2) is 57.8 Å². The van der Waals surface area contributed by atoms with E-state index in [0.717, 1.165) is 50.0 Å². The molecular formula is C27H32N4O5S. The highest BCUT2D eigenvalue weighted by Gasteiger charge is 2.58. The lowest BCUT2D eigenvalue weighted by atomic mass is 9.93. The number of carbonyl (C=O) groups excluding carboxylic acids is 2. The Morgan fingerprint density at radius 2 is 1.68 bits per heavy atom. The summed E-state index contributed by atoms with van der Waals surface area (Å²) >= 11 is 0. The van der Waals surface area contributed by atoms with Crippen molar-refractivity contribution in [3.8, 4) is 0 Å². The number of aliphatic hydroxyl groups is 1. The van der Waals surface area contributed by atoms with Crippen molar-refractivity contribution in [2.24, 2.45) is 5.41 Å². The van der Waals surface area contributed by atoms with Crippen LogP contribution in [0, 0.1) is 5.41 Å². The van der Waals surface area contributed by atoms with Crippen molar-refractivity contribution >= 4 is 44.6 Å². The largest absolute Gasteiger partial charge is 0.395 e. The van der Waals surface area contributed by atoms with E-state index in [1.165, 1.54) is 12.8 Å². The van der Waals surface area contributed by atoms with Crippen molar-refractivity contribution in [2.75, 3.05) is 52.3 Å². The van der Waals surface area contributed by atoms with Crippen LogP contribution in [0.3, 0.4) is 0 Å². The number of amides is 2. The van der Waals surface area contributed by atoms with Gasteiger partial charge in [0.1, 0.15) is 0 Å². The highest BCUT2D eigenvalue weighted by molar-refractivity contribution is 7.92. The second-order valence-corrected chi connectivity index (χ2v) is 12.8. The van der Waals surface area contributed by atoms with Gasteiger partial charge in [-0.15, -0.1) is 0 Å². The summed E-state index contributed by atoms with van der Waals surface area (Å²) in [7, 11) is -1.90. The molecule has 9 nitrogen and oxygen atoms in total. The van der Waals surface area contributed by atoms with E-state index in [4.69, 9.17) is 5.11 Å². The minimum Gasteiger partial charge on any atom is -0.395 e. The lowest BCUT2D eigenvalue weighted by Crippen LogP contribution is -2.35. The van der Waals surface area contributed by atoms with E-state index in [9.17, 15) is 18.0 Å². The molecule has 2 aromatic carbocycles. The molecule has 3 fully saturated rings. The van der Waals surface area contributed by atoms with E-state index in [2.05, 4.69) is 14.9 Å². The molecule has 3 N–H and O–H groups in total. The summed E-state index contributed by atoms with van der Waals surface area (Å²) in [5, 5.41) is 12.1. The zero-order chi connectivity index (χ0) is 26.0. The molecule has 0 aromatic heterocycles. The van der Waals surface area contributed by atoms with Crippen LogP contribution in [0.1, 0.15) is 54.4 Å². The molecule has 0 unspecified atom stereocenters. The van der Waals surface area contributed by atoms with Crippen LogP contribution in [0.15, 0.2) is 36.4 Å². The molecule has 37 heavy (non-hydrogen) atoms. The molecule has 2 aliphatic carbocycles. The number of anilines is 4. The van der Waals surface area contributed by atoms with E-state index in [0.29, 0.717) is 28.0 Å². The smallest absolute Gasteiger partial charge is 0.257 e. The minimum absolute atomic E-state index is 0.117. The summed E-state index contributed by atoms with van der Waals surface area (Å²) < 4.78 is 27.0. The van der Waals surface area contributed by atoms with E-state index in [1.807, 2.05) is 18.2 Å². The summed E-state index contributed by atoms with van der Waals surface area (Å²) in [6.07, 6.45) is 6.29. The topological polar surface area (TPSA) is 119 Å². The van der Waals surface area contributed by atoms with Gasteiger partial charge >= 0.3 is 0 Å². The predicted molar refractivity (Wildman–Crippen MR) is 143 cm³/mol. The number of sulfonamides is 1. The number of likely N-dealkylation sites (N-methyl/N-ethyl adjacent to an activating group) is 1. The lowest BCUT2D eigenvalue weighted by molar-refractivity contribution is -0.119. The van der Waals surface area contributed by atoms with E-state index >= 15 is 0 Å². The Balaban J connectivity index is 1.28. The predicted octanol–water partition coefficient (Wildman–Crippen LogP) is 3.06. The molecule has 2 heterocycles. The molecule has 2 aliphatic heterocycles. The Bertz CT molecular complexity index is 1390. The summed E-state index contributed by atoms with van der Waals surface area (Å²) in [5.41, 5.74) is 4.02. The molecule has 2 spiro atoms. The molecule has 0 atom stereocenters. The van der Waals surface area contributed by atoms with E-state index in [1.54, 1.807) is 30.1 Å². The number of fused-ring (bicyclic) bond motifs is 2. The SMILES string of the molecule is CN1C(=O)C2(CC2)c2cc(NC(=O)c3ccc(NS(=O)(=O)CCO)cc3N3CCC4(CC3)CC4)ccc21. The van der Waals surface area contributed by atoms with Crippen LogP contribution in [0.4, 0.5) is 22.7 Å². The molecule has 2 amide bonds. The maximum absolute atomic E-state index is 13.5.